The monoisotopic (exact) mass is 257 g/mol. The van der Waals surface area contributed by atoms with Crippen molar-refractivity contribution in [3.8, 4) is 0 Å². The number of ether oxygens (including phenoxy) is 1. The number of nitrogens with one attached hydrogen (secondary N) is 1. The Balaban J connectivity index is 3.22. The van der Waals surface area contributed by atoms with Crippen molar-refractivity contribution in [2.24, 2.45) is 5.92 Å². The van der Waals surface area contributed by atoms with E-state index < -0.39 is 0 Å². The van der Waals surface area contributed by atoms with Crippen molar-refractivity contribution in [3.63, 3.8) is 0 Å². The summed E-state index contributed by atoms with van der Waals surface area (Å²) in [6.07, 6.45) is 9.02. The van der Waals surface area contributed by atoms with Gasteiger partial charge in [-0.3, -0.25) is 0 Å². The van der Waals surface area contributed by atoms with Gasteiger partial charge in [0, 0.05) is 19.3 Å². The number of hydrogen-bond acceptors (Lipinski definition) is 2. The third-order valence-electron chi connectivity index (χ3n) is 3.41. The lowest BCUT2D eigenvalue weighted by Gasteiger charge is -2.14. The van der Waals surface area contributed by atoms with Crippen molar-refractivity contribution in [1.29, 1.82) is 0 Å². The summed E-state index contributed by atoms with van der Waals surface area (Å²) in [6.45, 7) is 12.0. The first-order valence-electron chi connectivity index (χ1n) is 8.01. The molecule has 0 aromatic heterocycles. The van der Waals surface area contributed by atoms with Crippen LogP contribution in [-0.2, 0) is 4.74 Å². The lowest BCUT2D eigenvalue weighted by Crippen LogP contribution is -2.23. The SMILES string of the molecule is CCCCC(CC)COCCCCCNC(C)C. The second-order valence-electron chi connectivity index (χ2n) is 5.66. The van der Waals surface area contributed by atoms with Gasteiger partial charge in [-0.15, -0.1) is 0 Å². The van der Waals surface area contributed by atoms with E-state index in [0.717, 1.165) is 25.7 Å². The Morgan fingerprint density at radius 3 is 2.39 bits per heavy atom. The quantitative estimate of drug-likeness (QED) is 0.494. The molecule has 2 heteroatoms. The van der Waals surface area contributed by atoms with Gasteiger partial charge in [0.2, 0.25) is 0 Å². The van der Waals surface area contributed by atoms with Crippen LogP contribution in [0.15, 0.2) is 0 Å². The van der Waals surface area contributed by atoms with Crippen LogP contribution in [-0.4, -0.2) is 25.8 Å². The zero-order valence-electron chi connectivity index (χ0n) is 13.1. The molecule has 0 aliphatic rings. The molecule has 0 fully saturated rings. The van der Waals surface area contributed by atoms with Crippen LogP contribution in [0.25, 0.3) is 0 Å². The standard InChI is InChI=1S/C16H35NO/c1-5-7-11-16(6-2)14-18-13-10-8-9-12-17-15(3)4/h15-17H,5-14H2,1-4H3. The van der Waals surface area contributed by atoms with E-state index in [4.69, 9.17) is 4.74 Å². The van der Waals surface area contributed by atoms with Crippen LogP contribution in [0.1, 0.15) is 72.6 Å². The molecule has 0 radical (unpaired) electrons. The highest BCUT2D eigenvalue weighted by Gasteiger charge is 2.05. The highest BCUT2D eigenvalue weighted by atomic mass is 16.5. The minimum Gasteiger partial charge on any atom is -0.381 e. The highest BCUT2D eigenvalue weighted by Crippen LogP contribution is 2.13. The van der Waals surface area contributed by atoms with Crippen LogP contribution in [0.5, 0.6) is 0 Å². The lowest BCUT2D eigenvalue weighted by molar-refractivity contribution is 0.0909. The molecule has 0 saturated carbocycles. The Labute approximate surface area is 115 Å². The third-order valence-corrected chi connectivity index (χ3v) is 3.41. The molecule has 0 rings (SSSR count). The Morgan fingerprint density at radius 1 is 1.00 bits per heavy atom. The molecule has 110 valence electrons. The summed E-state index contributed by atoms with van der Waals surface area (Å²) >= 11 is 0. The van der Waals surface area contributed by atoms with Gasteiger partial charge < -0.3 is 10.1 Å². The van der Waals surface area contributed by atoms with Crippen molar-refractivity contribution in [2.45, 2.75) is 78.7 Å². The lowest BCUT2D eigenvalue weighted by atomic mass is 10.0. The first kappa shape index (κ1) is 17.9. The largest absolute Gasteiger partial charge is 0.381 e. The normalized spacial score (nSPS) is 13.2. The van der Waals surface area contributed by atoms with Gasteiger partial charge in [-0.2, -0.15) is 0 Å². The fourth-order valence-corrected chi connectivity index (χ4v) is 2.04. The van der Waals surface area contributed by atoms with Crippen molar-refractivity contribution >= 4 is 0 Å². The van der Waals surface area contributed by atoms with Gasteiger partial charge in [-0.25, -0.2) is 0 Å². The molecular weight excluding hydrogens is 222 g/mol. The van der Waals surface area contributed by atoms with E-state index in [1.54, 1.807) is 0 Å². The molecule has 0 aromatic carbocycles. The second kappa shape index (κ2) is 13.4. The molecule has 0 aromatic rings. The zero-order valence-corrected chi connectivity index (χ0v) is 13.1. The molecule has 0 spiro atoms. The van der Waals surface area contributed by atoms with E-state index in [9.17, 15) is 0 Å². The summed E-state index contributed by atoms with van der Waals surface area (Å²) in [4.78, 5) is 0. The summed E-state index contributed by atoms with van der Waals surface area (Å²) in [5, 5.41) is 3.45. The molecule has 0 amide bonds. The summed E-state index contributed by atoms with van der Waals surface area (Å²) in [7, 11) is 0. The Kier molecular flexibility index (Phi) is 13.3. The predicted octanol–water partition coefficient (Wildman–Crippen LogP) is 4.39. The van der Waals surface area contributed by atoms with E-state index >= 15 is 0 Å². The fraction of sp³-hybridized carbons (Fsp3) is 1.00. The maximum absolute atomic E-state index is 5.79. The molecule has 0 heterocycles. The highest BCUT2D eigenvalue weighted by molar-refractivity contribution is 4.56. The van der Waals surface area contributed by atoms with E-state index in [2.05, 4.69) is 33.0 Å². The first-order chi connectivity index (χ1) is 8.70. The van der Waals surface area contributed by atoms with Crippen molar-refractivity contribution in [2.75, 3.05) is 19.8 Å². The van der Waals surface area contributed by atoms with E-state index in [0.29, 0.717) is 6.04 Å². The first-order valence-corrected chi connectivity index (χ1v) is 8.01. The van der Waals surface area contributed by atoms with E-state index in [-0.39, 0.29) is 0 Å². The zero-order chi connectivity index (χ0) is 13.6. The molecule has 1 N–H and O–H groups in total. The van der Waals surface area contributed by atoms with Crippen LogP contribution >= 0.6 is 0 Å². The van der Waals surface area contributed by atoms with Gasteiger partial charge in [0.25, 0.3) is 0 Å². The van der Waals surface area contributed by atoms with Gasteiger partial charge in [-0.1, -0.05) is 47.0 Å². The van der Waals surface area contributed by atoms with Crippen molar-refractivity contribution in [3.05, 3.63) is 0 Å². The number of unbranched alkanes of at least 4 members (excludes halogenated alkanes) is 3. The Morgan fingerprint density at radius 2 is 1.78 bits per heavy atom. The molecule has 0 bridgehead atoms. The van der Waals surface area contributed by atoms with Gasteiger partial charge >= 0.3 is 0 Å². The molecule has 0 saturated heterocycles. The third kappa shape index (κ3) is 12.4. The van der Waals surface area contributed by atoms with Gasteiger partial charge in [-0.05, 0) is 38.1 Å². The minimum atomic E-state index is 0.616. The topological polar surface area (TPSA) is 21.3 Å². The molecule has 2 nitrogen and oxygen atoms in total. The molecule has 0 aliphatic carbocycles. The van der Waals surface area contributed by atoms with Crippen molar-refractivity contribution in [1.82, 2.24) is 5.32 Å². The van der Waals surface area contributed by atoms with Gasteiger partial charge in [0.05, 0.1) is 0 Å². The number of rotatable bonds is 13. The van der Waals surface area contributed by atoms with Crippen LogP contribution in [0.2, 0.25) is 0 Å². The van der Waals surface area contributed by atoms with Gasteiger partial charge in [0.15, 0.2) is 0 Å². The smallest absolute Gasteiger partial charge is 0.0494 e. The molecule has 18 heavy (non-hydrogen) atoms. The van der Waals surface area contributed by atoms with Crippen LogP contribution in [0.3, 0.4) is 0 Å². The Bertz CT molecular complexity index is 159. The van der Waals surface area contributed by atoms with Gasteiger partial charge in [0.1, 0.15) is 0 Å². The van der Waals surface area contributed by atoms with Crippen molar-refractivity contribution < 1.29 is 4.74 Å². The maximum atomic E-state index is 5.79. The molecular formula is C16H35NO. The minimum absolute atomic E-state index is 0.616. The number of hydrogen-bond donors (Lipinski definition) is 1. The van der Waals surface area contributed by atoms with Crippen LogP contribution < -0.4 is 5.32 Å². The predicted molar refractivity (Wildman–Crippen MR) is 81.1 cm³/mol. The van der Waals surface area contributed by atoms with Crippen LogP contribution in [0, 0.1) is 5.92 Å². The van der Waals surface area contributed by atoms with E-state index in [1.807, 2.05) is 0 Å². The Hall–Kier alpha value is -0.0800. The summed E-state index contributed by atoms with van der Waals surface area (Å²) in [5.74, 6) is 0.785. The van der Waals surface area contributed by atoms with Crippen LogP contribution in [0.4, 0.5) is 0 Å². The molecule has 1 atom stereocenters. The summed E-state index contributed by atoms with van der Waals surface area (Å²) in [5.41, 5.74) is 0. The molecule has 0 aliphatic heterocycles. The summed E-state index contributed by atoms with van der Waals surface area (Å²) in [6, 6.07) is 0.616. The fourth-order valence-electron chi connectivity index (χ4n) is 2.04. The summed E-state index contributed by atoms with van der Waals surface area (Å²) < 4.78 is 5.79. The van der Waals surface area contributed by atoms with E-state index in [1.165, 1.54) is 44.9 Å². The average molecular weight is 257 g/mol. The average Bonchev–Trinajstić information content (AvgIpc) is 2.35. The second-order valence-corrected chi connectivity index (χ2v) is 5.66. The molecule has 1 unspecified atom stereocenters. The maximum Gasteiger partial charge on any atom is 0.0494 e.